The fourth-order valence-electron chi connectivity index (χ4n) is 2.58. The zero-order valence-corrected chi connectivity index (χ0v) is 13.7. The van der Waals surface area contributed by atoms with E-state index in [2.05, 4.69) is 5.16 Å². The Bertz CT molecular complexity index is 766. The van der Waals surface area contributed by atoms with Gasteiger partial charge in [-0.3, -0.25) is 0 Å². The predicted molar refractivity (Wildman–Crippen MR) is 88.5 cm³/mol. The molecule has 0 fully saturated rings. The van der Waals surface area contributed by atoms with Crippen molar-refractivity contribution in [2.75, 3.05) is 0 Å². The first-order valence-corrected chi connectivity index (χ1v) is 8.13. The highest BCUT2D eigenvalue weighted by atomic mass is 32.1. The van der Waals surface area contributed by atoms with Gasteiger partial charge in [0.05, 0.1) is 5.71 Å². The number of carbonyl (C=O) groups is 1. The number of ether oxygens (including phenoxy) is 1. The van der Waals surface area contributed by atoms with Gasteiger partial charge in [0.2, 0.25) is 0 Å². The highest BCUT2D eigenvalue weighted by molar-refractivity contribution is 7.13. The Morgan fingerprint density at radius 1 is 1.43 bits per heavy atom. The van der Waals surface area contributed by atoms with Crippen LogP contribution in [-0.2, 0) is 17.9 Å². The summed E-state index contributed by atoms with van der Waals surface area (Å²) in [5.41, 5.74) is 2.98. The molecule has 1 unspecified atom stereocenters. The Labute approximate surface area is 138 Å². The normalized spacial score (nSPS) is 16.8. The van der Waals surface area contributed by atoms with Gasteiger partial charge in [0.25, 0.3) is 0 Å². The van der Waals surface area contributed by atoms with Gasteiger partial charge in [0, 0.05) is 22.4 Å². The van der Waals surface area contributed by atoms with E-state index in [1.165, 1.54) is 11.3 Å². The van der Waals surface area contributed by atoms with Gasteiger partial charge in [-0.05, 0) is 32.0 Å². The quantitative estimate of drug-likeness (QED) is 0.670. The molecule has 3 rings (SSSR count). The van der Waals surface area contributed by atoms with Crippen molar-refractivity contribution in [2.24, 2.45) is 5.16 Å². The second-order valence-electron chi connectivity index (χ2n) is 5.44. The van der Waals surface area contributed by atoms with Crippen molar-refractivity contribution in [2.45, 2.75) is 33.0 Å². The molecule has 0 radical (unpaired) electrons. The van der Waals surface area contributed by atoms with Crippen LogP contribution in [0.25, 0.3) is 0 Å². The molecule has 1 N–H and O–H groups in total. The number of rotatable bonds is 5. The Morgan fingerprint density at radius 2 is 2.26 bits per heavy atom. The lowest BCUT2D eigenvalue weighted by Crippen LogP contribution is -2.06. The van der Waals surface area contributed by atoms with Gasteiger partial charge in [0.15, 0.2) is 6.61 Å². The van der Waals surface area contributed by atoms with Gasteiger partial charge >= 0.3 is 5.97 Å². The lowest BCUT2D eigenvalue weighted by molar-refractivity contribution is 0.0702. The fraction of sp³-hybridized carbons (Fsp3) is 0.294. The fourth-order valence-corrected chi connectivity index (χ4v) is 3.34. The lowest BCUT2D eigenvalue weighted by Gasteiger charge is -2.06. The molecule has 6 heteroatoms. The van der Waals surface area contributed by atoms with Crippen LogP contribution in [0.5, 0.6) is 5.75 Å². The first kappa shape index (κ1) is 15.6. The summed E-state index contributed by atoms with van der Waals surface area (Å²) in [6.07, 6.45) is 1.05. The molecule has 2 aromatic rings. The summed E-state index contributed by atoms with van der Waals surface area (Å²) in [4.78, 5) is 17.4. The summed E-state index contributed by atoms with van der Waals surface area (Å²) < 4.78 is 5.75. The van der Waals surface area contributed by atoms with E-state index in [0.717, 1.165) is 33.9 Å². The van der Waals surface area contributed by atoms with E-state index in [1.807, 2.05) is 32.0 Å². The molecule has 1 aromatic heterocycles. The van der Waals surface area contributed by atoms with E-state index in [-0.39, 0.29) is 12.7 Å². The van der Waals surface area contributed by atoms with Crippen LogP contribution < -0.4 is 4.74 Å². The van der Waals surface area contributed by atoms with Crippen LogP contribution in [0.2, 0.25) is 0 Å². The van der Waals surface area contributed by atoms with E-state index in [0.29, 0.717) is 4.88 Å². The van der Waals surface area contributed by atoms with E-state index < -0.39 is 5.97 Å². The molecule has 0 aliphatic carbocycles. The minimum Gasteiger partial charge on any atom is -0.490 e. The van der Waals surface area contributed by atoms with Crippen molar-refractivity contribution in [1.29, 1.82) is 0 Å². The predicted octanol–water partition coefficient (Wildman–Crippen LogP) is 3.71. The van der Waals surface area contributed by atoms with Crippen LogP contribution in [0.4, 0.5) is 0 Å². The number of hydrogen-bond acceptors (Lipinski definition) is 5. The molecule has 1 aromatic carbocycles. The van der Waals surface area contributed by atoms with Crippen molar-refractivity contribution in [1.82, 2.24) is 0 Å². The number of fused-ring (bicyclic) bond motifs is 1. The van der Waals surface area contributed by atoms with Gasteiger partial charge in [0.1, 0.15) is 16.7 Å². The van der Waals surface area contributed by atoms with E-state index in [9.17, 15) is 4.79 Å². The molecule has 5 nitrogen and oxygen atoms in total. The van der Waals surface area contributed by atoms with Gasteiger partial charge < -0.3 is 14.7 Å². The molecule has 0 amide bonds. The van der Waals surface area contributed by atoms with Crippen molar-refractivity contribution in [3.05, 3.63) is 51.2 Å². The zero-order valence-electron chi connectivity index (χ0n) is 12.9. The molecular formula is C17H17NO4S. The number of carboxylic acid groups (broad SMARTS) is 1. The molecule has 0 saturated heterocycles. The average molecular weight is 331 g/mol. The molecule has 2 heterocycles. The van der Waals surface area contributed by atoms with Gasteiger partial charge in [-0.15, -0.1) is 11.3 Å². The topological polar surface area (TPSA) is 68.1 Å². The third-order valence-corrected chi connectivity index (χ3v) is 4.67. The number of benzene rings is 1. The molecule has 0 spiro atoms. The van der Waals surface area contributed by atoms with Gasteiger partial charge in [-0.2, -0.15) is 0 Å². The Balaban J connectivity index is 1.69. The van der Waals surface area contributed by atoms with Crippen molar-refractivity contribution < 1.29 is 19.5 Å². The van der Waals surface area contributed by atoms with Crippen LogP contribution in [-0.4, -0.2) is 22.9 Å². The monoisotopic (exact) mass is 331 g/mol. The summed E-state index contributed by atoms with van der Waals surface area (Å²) >= 11 is 1.20. The third-order valence-electron chi connectivity index (χ3n) is 3.62. The van der Waals surface area contributed by atoms with Crippen molar-refractivity contribution in [3.8, 4) is 5.75 Å². The first-order valence-electron chi connectivity index (χ1n) is 7.32. The number of thiophene rings is 1. The van der Waals surface area contributed by atoms with Crippen molar-refractivity contribution in [3.63, 3.8) is 0 Å². The van der Waals surface area contributed by atoms with Crippen LogP contribution in [0.1, 0.15) is 39.5 Å². The van der Waals surface area contributed by atoms with E-state index in [4.69, 9.17) is 14.7 Å². The highest BCUT2D eigenvalue weighted by Crippen LogP contribution is 2.31. The van der Waals surface area contributed by atoms with Crippen LogP contribution in [0, 0.1) is 0 Å². The summed E-state index contributed by atoms with van der Waals surface area (Å²) in [7, 11) is 0. The molecule has 120 valence electrons. The highest BCUT2D eigenvalue weighted by Gasteiger charge is 2.22. The van der Waals surface area contributed by atoms with Gasteiger partial charge in [-0.25, -0.2) is 4.79 Å². The summed E-state index contributed by atoms with van der Waals surface area (Å²) in [5.74, 6) is -0.0104. The Morgan fingerprint density at radius 3 is 3.00 bits per heavy atom. The second kappa shape index (κ2) is 6.42. The molecule has 1 aliphatic rings. The minimum atomic E-state index is -0.921. The lowest BCUT2D eigenvalue weighted by atomic mass is 10.0. The van der Waals surface area contributed by atoms with Gasteiger partial charge in [-0.1, -0.05) is 17.3 Å². The maximum absolute atomic E-state index is 10.8. The number of nitrogens with zero attached hydrogens (tertiary/aromatic N) is 1. The number of carboxylic acids is 1. The molecule has 1 aliphatic heterocycles. The maximum Gasteiger partial charge on any atom is 0.345 e. The second-order valence-corrected chi connectivity index (χ2v) is 6.60. The summed E-state index contributed by atoms with van der Waals surface area (Å²) in [6, 6.07) is 9.25. The van der Waals surface area contributed by atoms with Crippen molar-refractivity contribution >= 4 is 23.0 Å². The van der Waals surface area contributed by atoms with Crippen LogP contribution in [0.15, 0.2) is 35.5 Å². The average Bonchev–Trinajstić information content (AvgIpc) is 3.12. The number of hydrogen-bond donors (Lipinski definition) is 1. The number of oxime groups is 1. The third kappa shape index (κ3) is 3.37. The SMILES string of the molecule is CC(=NOCc1ccc(C(=O)O)s1)c1cccc2c1CC(C)O2. The smallest absolute Gasteiger partial charge is 0.345 e. The summed E-state index contributed by atoms with van der Waals surface area (Å²) in [6.45, 7) is 4.20. The Hall–Kier alpha value is -2.34. The van der Waals surface area contributed by atoms with E-state index in [1.54, 1.807) is 12.1 Å². The maximum atomic E-state index is 10.8. The molecular weight excluding hydrogens is 314 g/mol. The molecule has 23 heavy (non-hydrogen) atoms. The Kier molecular flexibility index (Phi) is 4.34. The molecule has 0 bridgehead atoms. The largest absolute Gasteiger partial charge is 0.490 e. The zero-order chi connectivity index (χ0) is 16.4. The first-order chi connectivity index (χ1) is 11.0. The minimum absolute atomic E-state index is 0.181. The van der Waals surface area contributed by atoms with Crippen LogP contribution >= 0.6 is 11.3 Å². The van der Waals surface area contributed by atoms with Crippen LogP contribution in [0.3, 0.4) is 0 Å². The number of aromatic carboxylic acids is 1. The summed E-state index contributed by atoms with van der Waals surface area (Å²) in [5, 5.41) is 13.1. The standard InChI is InChI=1S/C17H17NO4S/c1-10-8-14-13(4-3-5-15(14)22-10)11(2)18-21-9-12-6-7-16(23-12)17(19)20/h3-7,10H,8-9H2,1-2H3,(H,19,20). The van der Waals surface area contributed by atoms with E-state index >= 15 is 0 Å². The molecule has 1 atom stereocenters. The molecule has 0 saturated carbocycles.